The molecule has 0 atom stereocenters. The van der Waals surface area contributed by atoms with E-state index >= 15 is 0 Å². The van der Waals surface area contributed by atoms with Crippen molar-refractivity contribution in [3.8, 4) is 12.3 Å². The number of nitrogens with zero attached hydrogens (tertiary/aromatic N) is 2. The molecular weight excluding hydrogens is 200 g/mol. The minimum absolute atomic E-state index is 0.417. The molecule has 0 aliphatic rings. The quantitative estimate of drug-likeness (QED) is 0.775. The zero-order valence-electron chi connectivity index (χ0n) is 9.44. The predicted molar refractivity (Wildman–Crippen MR) is 63.8 cm³/mol. The van der Waals surface area contributed by atoms with Gasteiger partial charge in [0.2, 0.25) is 0 Å². The Labute approximate surface area is 94.7 Å². The molecule has 2 rings (SSSR count). The van der Waals surface area contributed by atoms with Crippen LogP contribution in [-0.2, 0) is 12.1 Å². The molecule has 0 radical (unpaired) electrons. The Hall–Kier alpha value is -1.79. The molecule has 0 saturated carbocycles. The average Bonchev–Trinajstić information content (AvgIpc) is 2.58. The summed E-state index contributed by atoms with van der Waals surface area (Å²) in [5.41, 5.74) is 0.822. The first-order chi connectivity index (χ1) is 7.54. The summed E-state index contributed by atoms with van der Waals surface area (Å²) in [6.45, 7) is 3.84. The number of aromatic nitrogens is 2. The van der Waals surface area contributed by atoms with E-state index in [0.717, 1.165) is 11.0 Å². The monoisotopic (exact) mass is 214 g/mol. The largest absolute Gasteiger partial charge is 0.383 e. The molecule has 0 aliphatic heterocycles. The van der Waals surface area contributed by atoms with Crippen LogP contribution in [0.1, 0.15) is 19.7 Å². The van der Waals surface area contributed by atoms with E-state index in [0.29, 0.717) is 12.4 Å². The maximum atomic E-state index is 10.0. The summed E-state index contributed by atoms with van der Waals surface area (Å²) in [6.07, 6.45) is 5.34. The van der Waals surface area contributed by atoms with Gasteiger partial charge in [0.05, 0.1) is 17.6 Å². The minimum Gasteiger partial charge on any atom is -0.383 e. The molecule has 1 aromatic carbocycles. The fraction of sp³-hybridized carbons (Fsp3) is 0.308. The van der Waals surface area contributed by atoms with E-state index in [1.54, 1.807) is 13.8 Å². The van der Waals surface area contributed by atoms with Gasteiger partial charge in [-0.05, 0) is 26.0 Å². The molecule has 2 aromatic rings. The van der Waals surface area contributed by atoms with Crippen molar-refractivity contribution in [2.75, 3.05) is 0 Å². The zero-order chi connectivity index (χ0) is 11.8. The van der Waals surface area contributed by atoms with Crippen LogP contribution < -0.4 is 0 Å². The van der Waals surface area contributed by atoms with Crippen molar-refractivity contribution in [1.82, 2.24) is 9.55 Å². The number of hydrogen-bond donors (Lipinski definition) is 1. The number of benzene rings is 1. The Morgan fingerprint density at radius 1 is 1.44 bits per heavy atom. The third-order valence-electron chi connectivity index (χ3n) is 2.45. The maximum absolute atomic E-state index is 10.0. The Balaban J connectivity index is 2.74. The standard InChI is InChI=1S/C13H14N2O/c1-4-9-15-11-8-6-5-7-10(11)14-12(15)13(2,3)16/h1,5-8,16H,9H2,2-3H3. The first-order valence-corrected chi connectivity index (χ1v) is 5.15. The second kappa shape index (κ2) is 3.66. The first-order valence-electron chi connectivity index (χ1n) is 5.15. The molecule has 16 heavy (non-hydrogen) atoms. The highest BCUT2D eigenvalue weighted by Gasteiger charge is 2.24. The lowest BCUT2D eigenvalue weighted by Crippen LogP contribution is -2.22. The van der Waals surface area contributed by atoms with Crippen LogP contribution in [0.25, 0.3) is 11.0 Å². The van der Waals surface area contributed by atoms with E-state index in [2.05, 4.69) is 10.9 Å². The smallest absolute Gasteiger partial charge is 0.142 e. The summed E-state index contributed by atoms with van der Waals surface area (Å²) in [7, 11) is 0. The molecule has 0 fully saturated rings. The van der Waals surface area contributed by atoms with E-state index in [1.165, 1.54) is 0 Å². The lowest BCUT2D eigenvalue weighted by molar-refractivity contribution is 0.0659. The van der Waals surface area contributed by atoms with Crippen LogP contribution in [0.5, 0.6) is 0 Å². The molecule has 0 amide bonds. The number of hydrogen-bond acceptors (Lipinski definition) is 2. The Morgan fingerprint density at radius 2 is 2.12 bits per heavy atom. The third kappa shape index (κ3) is 1.68. The predicted octanol–water partition coefficient (Wildman–Crippen LogP) is 1.90. The second-order valence-electron chi connectivity index (χ2n) is 4.27. The zero-order valence-corrected chi connectivity index (χ0v) is 9.44. The van der Waals surface area contributed by atoms with Crippen molar-refractivity contribution in [1.29, 1.82) is 0 Å². The van der Waals surface area contributed by atoms with E-state index in [-0.39, 0.29) is 0 Å². The Kier molecular flexibility index (Phi) is 2.45. The summed E-state index contributed by atoms with van der Waals surface area (Å²) in [6, 6.07) is 7.72. The van der Waals surface area contributed by atoms with Crippen LogP contribution >= 0.6 is 0 Å². The van der Waals surface area contributed by atoms with E-state index in [9.17, 15) is 5.11 Å². The Bertz CT molecular complexity index is 555. The molecule has 1 N–H and O–H groups in total. The van der Waals surface area contributed by atoms with Gasteiger partial charge < -0.3 is 9.67 Å². The number of aliphatic hydroxyl groups is 1. The lowest BCUT2D eigenvalue weighted by atomic mass is 10.1. The highest BCUT2D eigenvalue weighted by atomic mass is 16.3. The van der Waals surface area contributed by atoms with Crippen molar-refractivity contribution < 1.29 is 5.11 Å². The van der Waals surface area contributed by atoms with E-state index < -0.39 is 5.60 Å². The SMILES string of the molecule is C#CCn1c(C(C)(C)O)nc2ccccc21. The van der Waals surface area contributed by atoms with Gasteiger partial charge in [-0.15, -0.1) is 6.42 Å². The topological polar surface area (TPSA) is 38.0 Å². The molecule has 0 unspecified atom stereocenters. The van der Waals surface area contributed by atoms with Gasteiger partial charge in [0.15, 0.2) is 0 Å². The van der Waals surface area contributed by atoms with Crippen molar-refractivity contribution in [3.05, 3.63) is 30.1 Å². The lowest BCUT2D eigenvalue weighted by Gasteiger charge is -2.17. The van der Waals surface area contributed by atoms with Gasteiger partial charge in [0.1, 0.15) is 11.4 Å². The number of terminal acetylenes is 1. The summed E-state index contributed by atoms with van der Waals surface area (Å²) in [5.74, 6) is 3.19. The highest BCUT2D eigenvalue weighted by molar-refractivity contribution is 5.76. The van der Waals surface area contributed by atoms with Crippen molar-refractivity contribution >= 4 is 11.0 Å². The summed E-state index contributed by atoms with van der Waals surface area (Å²) >= 11 is 0. The Morgan fingerprint density at radius 3 is 2.75 bits per heavy atom. The molecule has 3 heteroatoms. The van der Waals surface area contributed by atoms with Crippen LogP contribution in [0.4, 0.5) is 0 Å². The highest BCUT2D eigenvalue weighted by Crippen LogP contribution is 2.24. The van der Waals surface area contributed by atoms with Gasteiger partial charge in [0.25, 0.3) is 0 Å². The number of imidazole rings is 1. The molecule has 1 heterocycles. The van der Waals surface area contributed by atoms with Crippen molar-refractivity contribution in [3.63, 3.8) is 0 Å². The van der Waals surface area contributed by atoms with E-state index in [1.807, 2.05) is 28.8 Å². The minimum atomic E-state index is -0.990. The molecule has 0 aliphatic carbocycles. The van der Waals surface area contributed by atoms with Gasteiger partial charge >= 0.3 is 0 Å². The van der Waals surface area contributed by atoms with E-state index in [4.69, 9.17) is 6.42 Å². The number of rotatable bonds is 2. The van der Waals surface area contributed by atoms with Gasteiger partial charge in [-0.25, -0.2) is 4.98 Å². The summed E-state index contributed by atoms with van der Waals surface area (Å²) in [4.78, 5) is 4.42. The molecule has 1 aromatic heterocycles. The van der Waals surface area contributed by atoms with Crippen LogP contribution in [-0.4, -0.2) is 14.7 Å². The van der Waals surface area contributed by atoms with Crippen LogP contribution in [0.15, 0.2) is 24.3 Å². The van der Waals surface area contributed by atoms with Gasteiger partial charge in [-0.2, -0.15) is 0 Å². The summed E-state index contributed by atoms with van der Waals surface area (Å²) in [5, 5.41) is 10.0. The maximum Gasteiger partial charge on any atom is 0.142 e. The number of fused-ring (bicyclic) bond motifs is 1. The molecule has 0 spiro atoms. The molecule has 3 nitrogen and oxygen atoms in total. The fourth-order valence-corrected chi connectivity index (χ4v) is 1.79. The summed E-state index contributed by atoms with van der Waals surface area (Å²) < 4.78 is 1.87. The van der Waals surface area contributed by atoms with Crippen molar-refractivity contribution in [2.24, 2.45) is 0 Å². The molecule has 0 bridgehead atoms. The third-order valence-corrected chi connectivity index (χ3v) is 2.45. The van der Waals surface area contributed by atoms with Gasteiger partial charge in [0, 0.05) is 0 Å². The molecule has 82 valence electrons. The van der Waals surface area contributed by atoms with Crippen LogP contribution in [0.2, 0.25) is 0 Å². The van der Waals surface area contributed by atoms with Crippen LogP contribution in [0, 0.1) is 12.3 Å². The fourth-order valence-electron chi connectivity index (χ4n) is 1.79. The first kappa shape index (κ1) is 10.7. The van der Waals surface area contributed by atoms with Crippen molar-refractivity contribution in [2.45, 2.75) is 26.0 Å². The van der Waals surface area contributed by atoms with Gasteiger partial charge in [-0.3, -0.25) is 0 Å². The average molecular weight is 214 g/mol. The second-order valence-corrected chi connectivity index (χ2v) is 4.27. The normalized spacial score (nSPS) is 11.6. The number of para-hydroxylation sites is 2. The molecule has 0 saturated heterocycles. The molecular formula is C13H14N2O. The van der Waals surface area contributed by atoms with Gasteiger partial charge in [-0.1, -0.05) is 18.1 Å². The van der Waals surface area contributed by atoms with Crippen LogP contribution in [0.3, 0.4) is 0 Å².